The van der Waals surface area contributed by atoms with Gasteiger partial charge < -0.3 is 15.0 Å². The maximum atomic E-state index is 6.39. The van der Waals surface area contributed by atoms with Crippen molar-refractivity contribution in [3.05, 3.63) is 28.8 Å². The Hall–Kier alpha value is -0.770. The molecule has 0 fully saturated rings. The summed E-state index contributed by atoms with van der Waals surface area (Å²) in [5, 5.41) is 4.14. The number of ether oxygens (including phenoxy) is 1. The molecule has 0 aromatic heterocycles. The predicted molar refractivity (Wildman–Crippen MR) is 87.8 cm³/mol. The topological polar surface area (TPSA) is 24.5 Å². The van der Waals surface area contributed by atoms with Crippen LogP contribution in [0.15, 0.2) is 18.2 Å². The monoisotopic (exact) mass is 298 g/mol. The van der Waals surface area contributed by atoms with Gasteiger partial charge >= 0.3 is 0 Å². The van der Waals surface area contributed by atoms with Gasteiger partial charge in [-0.05, 0) is 38.0 Å². The van der Waals surface area contributed by atoms with E-state index >= 15 is 0 Å². The van der Waals surface area contributed by atoms with Crippen LogP contribution in [0.4, 0.5) is 5.69 Å². The van der Waals surface area contributed by atoms with Crippen molar-refractivity contribution in [3.8, 4) is 0 Å². The second-order valence-electron chi connectivity index (χ2n) is 5.23. The number of halogens is 1. The lowest BCUT2D eigenvalue weighted by atomic mass is 10.1. The van der Waals surface area contributed by atoms with Crippen molar-refractivity contribution in [3.63, 3.8) is 0 Å². The predicted octanol–water partition coefficient (Wildman–Crippen LogP) is 3.70. The van der Waals surface area contributed by atoms with E-state index in [0.717, 1.165) is 36.6 Å². The molecule has 0 unspecified atom stereocenters. The van der Waals surface area contributed by atoms with Crippen LogP contribution in [0.2, 0.25) is 5.02 Å². The van der Waals surface area contributed by atoms with Crippen LogP contribution in [-0.2, 0) is 11.3 Å². The minimum absolute atomic E-state index is 0.483. The Labute approximate surface area is 128 Å². The fourth-order valence-corrected chi connectivity index (χ4v) is 2.42. The molecule has 0 bridgehead atoms. The van der Waals surface area contributed by atoms with Gasteiger partial charge in [-0.3, -0.25) is 0 Å². The molecule has 114 valence electrons. The molecule has 1 rings (SSSR count). The molecule has 1 aromatic rings. The minimum atomic E-state index is 0.483. The highest BCUT2D eigenvalue weighted by Gasteiger charge is 2.11. The van der Waals surface area contributed by atoms with Crippen LogP contribution in [0.1, 0.15) is 32.8 Å². The fourth-order valence-electron chi connectivity index (χ4n) is 2.18. The van der Waals surface area contributed by atoms with Gasteiger partial charge in [0, 0.05) is 43.5 Å². The average Bonchev–Trinajstić information content (AvgIpc) is 2.42. The summed E-state index contributed by atoms with van der Waals surface area (Å²) in [4.78, 5) is 2.38. The van der Waals surface area contributed by atoms with E-state index in [1.807, 2.05) is 0 Å². The summed E-state index contributed by atoms with van der Waals surface area (Å²) < 4.78 is 5.01. The molecule has 3 nitrogen and oxygen atoms in total. The smallest absolute Gasteiger partial charge is 0.0587 e. The van der Waals surface area contributed by atoms with Crippen LogP contribution in [0.5, 0.6) is 0 Å². The van der Waals surface area contributed by atoms with Crippen molar-refractivity contribution in [2.24, 2.45) is 0 Å². The summed E-state index contributed by atoms with van der Waals surface area (Å²) >= 11 is 6.39. The van der Waals surface area contributed by atoms with Gasteiger partial charge in [0.25, 0.3) is 0 Å². The zero-order chi connectivity index (χ0) is 15.0. The van der Waals surface area contributed by atoms with Gasteiger partial charge in [-0.2, -0.15) is 0 Å². The van der Waals surface area contributed by atoms with E-state index in [4.69, 9.17) is 16.3 Å². The van der Waals surface area contributed by atoms with E-state index < -0.39 is 0 Å². The highest BCUT2D eigenvalue weighted by atomic mass is 35.5. The Kier molecular flexibility index (Phi) is 7.97. The molecule has 0 aliphatic carbocycles. The summed E-state index contributed by atoms with van der Waals surface area (Å²) in [5.74, 6) is 0. The molecule has 0 aliphatic heterocycles. The van der Waals surface area contributed by atoms with Crippen molar-refractivity contribution < 1.29 is 4.74 Å². The zero-order valence-corrected chi connectivity index (χ0v) is 13.8. The van der Waals surface area contributed by atoms with Crippen molar-refractivity contribution in [2.45, 2.75) is 39.8 Å². The number of rotatable bonds is 9. The van der Waals surface area contributed by atoms with Gasteiger partial charge in [0.1, 0.15) is 0 Å². The first-order valence-corrected chi connectivity index (χ1v) is 7.72. The number of benzene rings is 1. The standard InChI is InChI=1S/C16H27ClN2O/c1-5-9-19(13(2)3)15-7-6-14(16(17)11-15)12-18-8-10-20-4/h6-7,11,13,18H,5,8-10,12H2,1-4H3. The molecule has 20 heavy (non-hydrogen) atoms. The second-order valence-corrected chi connectivity index (χ2v) is 5.64. The largest absolute Gasteiger partial charge is 0.383 e. The van der Waals surface area contributed by atoms with Crippen LogP contribution in [0.3, 0.4) is 0 Å². The SMILES string of the molecule is CCCN(c1ccc(CNCCOC)c(Cl)c1)C(C)C. The second kappa shape index (κ2) is 9.22. The molecule has 0 radical (unpaired) electrons. The number of methoxy groups -OCH3 is 1. The molecule has 0 saturated carbocycles. The molecule has 0 heterocycles. The highest BCUT2D eigenvalue weighted by molar-refractivity contribution is 6.31. The maximum absolute atomic E-state index is 6.39. The van der Waals surface area contributed by atoms with Gasteiger partial charge in [-0.1, -0.05) is 24.6 Å². The number of nitrogens with one attached hydrogen (secondary N) is 1. The quantitative estimate of drug-likeness (QED) is 0.704. The summed E-state index contributed by atoms with van der Waals surface area (Å²) in [6, 6.07) is 6.83. The third kappa shape index (κ3) is 5.31. The minimum Gasteiger partial charge on any atom is -0.383 e. The molecular weight excluding hydrogens is 272 g/mol. The Morgan fingerprint density at radius 2 is 2.10 bits per heavy atom. The van der Waals surface area contributed by atoms with Crippen LogP contribution in [0.25, 0.3) is 0 Å². The third-order valence-corrected chi connectivity index (χ3v) is 3.61. The van der Waals surface area contributed by atoms with E-state index in [2.05, 4.69) is 49.2 Å². The van der Waals surface area contributed by atoms with Crippen LogP contribution in [-0.4, -0.2) is 32.8 Å². The molecule has 0 aliphatic rings. The fraction of sp³-hybridized carbons (Fsp3) is 0.625. The van der Waals surface area contributed by atoms with Crippen molar-refractivity contribution in [2.75, 3.05) is 31.7 Å². The Balaban J connectivity index is 2.70. The Morgan fingerprint density at radius 3 is 2.65 bits per heavy atom. The normalized spacial score (nSPS) is 11.1. The summed E-state index contributed by atoms with van der Waals surface area (Å²) in [6.07, 6.45) is 1.14. The lowest BCUT2D eigenvalue weighted by Gasteiger charge is -2.29. The van der Waals surface area contributed by atoms with Crippen molar-refractivity contribution in [1.29, 1.82) is 0 Å². The van der Waals surface area contributed by atoms with E-state index in [-0.39, 0.29) is 0 Å². The lowest BCUT2D eigenvalue weighted by molar-refractivity contribution is 0.199. The molecule has 0 spiro atoms. The first-order chi connectivity index (χ1) is 9.60. The number of nitrogens with zero attached hydrogens (tertiary/aromatic N) is 1. The maximum Gasteiger partial charge on any atom is 0.0587 e. The number of hydrogen-bond donors (Lipinski definition) is 1. The summed E-state index contributed by atoms with van der Waals surface area (Å²) in [6.45, 7) is 10.0. The van der Waals surface area contributed by atoms with Gasteiger partial charge in [0.05, 0.1) is 6.61 Å². The molecule has 0 atom stereocenters. The van der Waals surface area contributed by atoms with Crippen LogP contribution < -0.4 is 10.2 Å². The van der Waals surface area contributed by atoms with E-state index in [1.165, 1.54) is 5.69 Å². The van der Waals surface area contributed by atoms with Gasteiger partial charge in [0.2, 0.25) is 0 Å². The molecule has 1 N–H and O–H groups in total. The molecule has 1 aromatic carbocycles. The first kappa shape index (κ1) is 17.3. The van der Waals surface area contributed by atoms with Gasteiger partial charge in [-0.15, -0.1) is 0 Å². The third-order valence-electron chi connectivity index (χ3n) is 3.25. The summed E-state index contributed by atoms with van der Waals surface area (Å²) in [5.41, 5.74) is 2.33. The summed E-state index contributed by atoms with van der Waals surface area (Å²) in [7, 11) is 1.71. The molecular formula is C16H27ClN2O. The molecule has 0 amide bonds. The molecule has 4 heteroatoms. The first-order valence-electron chi connectivity index (χ1n) is 7.34. The average molecular weight is 299 g/mol. The van der Waals surface area contributed by atoms with E-state index in [9.17, 15) is 0 Å². The Bertz CT molecular complexity index is 396. The number of anilines is 1. The van der Waals surface area contributed by atoms with Crippen LogP contribution >= 0.6 is 11.6 Å². The highest BCUT2D eigenvalue weighted by Crippen LogP contribution is 2.25. The van der Waals surface area contributed by atoms with Crippen molar-refractivity contribution in [1.82, 2.24) is 5.32 Å². The van der Waals surface area contributed by atoms with E-state index in [0.29, 0.717) is 12.6 Å². The van der Waals surface area contributed by atoms with Crippen molar-refractivity contribution >= 4 is 17.3 Å². The molecule has 0 saturated heterocycles. The zero-order valence-electron chi connectivity index (χ0n) is 13.1. The lowest BCUT2D eigenvalue weighted by Crippen LogP contribution is -2.31. The Morgan fingerprint density at radius 1 is 1.35 bits per heavy atom. The van der Waals surface area contributed by atoms with E-state index in [1.54, 1.807) is 7.11 Å². The van der Waals surface area contributed by atoms with Crippen LogP contribution in [0, 0.1) is 0 Å². The van der Waals surface area contributed by atoms with Gasteiger partial charge in [0.15, 0.2) is 0 Å². The number of hydrogen-bond acceptors (Lipinski definition) is 3. The van der Waals surface area contributed by atoms with Gasteiger partial charge in [-0.25, -0.2) is 0 Å².